The fraction of sp³-hybridized carbons (Fsp3) is 0.348. The van der Waals surface area contributed by atoms with Crippen molar-refractivity contribution in [2.75, 3.05) is 31.6 Å². The van der Waals surface area contributed by atoms with Crippen molar-refractivity contribution in [2.45, 2.75) is 25.8 Å². The number of benzene rings is 2. The highest BCUT2D eigenvalue weighted by Gasteiger charge is 2.11. The summed E-state index contributed by atoms with van der Waals surface area (Å²) in [5, 5.41) is 2.87. The normalized spacial score (nSPS) is 14.3. The molecule has 1 heterocycles. The van der Waals surface area contributed by atoms with Crippen LogP contribution in [0.25, 0.3) is 0 Å². The number of piperidine rings is 1. The molecule has 5 nitrogen and oxygen atoms in total. The lowest BCUT2D eigenvalue weighted by atomic mass is 10.1. The van der Waals surface area contributed by atoms with Crippen molar-refractivity contribution >= 4 is 11.6 Å². The number of hydrogen-bond acceptors (Lipinski definition) is 4. The Morgan fingerprint density at radius 1 is 1.00 bits per heavy atom. The first kappa shape index (κ1) is 20.0. The predicted molar refractivity (Wildman–Crippen MR) is 112 cm³/mol. The van der Waals surface area contributed by atoms with Crippen LogP contribution in [-0.2, 0) is 11.3 Å². The molecule has 1 amide bonds. The molecule has 3 rings (SSSR count). The van der Waals surface area contributed by atoms with Crippen LogP contribution in [-0.4, -0.2) is 37.1 Å². The quantitative estimate of drug-likeness (QED) is 0.661. The second-order valence-corrected chi connectivity index (χ2v) is 6.92. The number of anilines is 1. The maximum atomic E-state index is 12.2. The molecule has 1 aliphatic heterocycles. The van der Waals surface area contributed by atoms with Crippen LogP contribution >= 0.6 is 0 Å². The van der Waals surface area contributed by atoms with E-state index in [0.717, 1.165) is 12.2 Å². The molecule has 0 bridgehead atoms. The van der Waals surface area contributed by atoms with Crippen LogP contribution in [0.2, 0.25) is 0 Å². The van der Waals surface area contributed by atoms with E-state index in [9.17, 15) is 4.79 Å². The average Bonchev–Trinajstić information content (AvgIpc) is 2.73. The fourth-order valence-corrected chi connectivity index (χ4v) is 3.25. The molecule has 148 valence electrons. The summed E-state index contributed by atoms with van der Waals surface area (Å²) in [6, 6.07) is 15.3. The van der Waals surface area contributed by atoms with Crippen molar-refractivity contribution in [1.29, 1.82) is 0 Å². The van der Waals surface area contributed by atoms with Crippen molar-refractivity contribution in [3.8, 4) is 11.5 Å². The van der Waals surface area contributed by atoms with Gasteiger partial charge in [0.2, 0.25) is 0 Å². The summed E-state index contributed by atoms with van der Waals surface area (Å²) in [5.41, 5.74) is 2.04. The summed E-state index contributed by atoms with van der Waals surface area (Å²) in [6.45, 7) is 7.26. The first-order valence-electron chi connectivity index (χ1n) is 9.81. The summed E-state index contributed by atoms with van der Waals surface area (Å²) < 4.78 is 11.1. The molecule has 5 heteroatoms. The lowest BCUT2D eigenvalue weighted by Gasteiger charge is -2.26. The van der Waals surface area contributed by atoms with Gasteiger partial charge < -0.3 is 14.8 Å². The molecular formula is C23H28N2O3. The highest BCUT2D eigenvalue weighted by atomic mass is 16.5. The Bertz CT molecular complexity index is 768. The highest BCUT2D eigenvalue weighted by Crippen LogP contribution is 2.26. The molecule has 0 spiro atoms. The predicted octanol–water partition coefficient (Wildman–Crippen LogP) is 4.25. The first-order chi connectivity index (χ1) is 13.7. The molecule has 2 aromatic carbocycles. The molecule has 1 aliphatic rings. The van der Waals surface area contributed by atoms with Gasteiger partial charge in [-0.2, -0.15) is 0 Å². The Balaban J connectivity index is 1.47. The Morgan fingerprint density at radius 3 is 2.36 bits per heavy atom. The maximum absolute atomic E-state index is 12.2. The lowest BCUT2D eigenvalue weighted by molar-refractivity contribution is -0.118. The third-order valence-electron chi connectivity index (χ3n) is 4.66. The van der Waals surface area contributed by atoms with Gasteiger partial charge in [0.1, 0.15) is 6.61 Å². The summed E-state index contributed by atoms with van der Waals surface area (Å²) in [7, 11) is 0. The smallest absolute Gasteiger partial charge is 0.262 e. The molecule has 1 N–H and O–H groups in total. The number of rotatable bonds is 9. The first-order valence-corrected chi connectivity index (χ1v) is 9.81. The zero-order chi connectivity index (χ0) is 19.6. The number of ether oxygens (including phenoxy) is 2. The number of hydrogen-bond donors (Lipinski definition) is 1. The average molecular weight is 380 g/mol. The van der Waals surface area contributed by atoms with E-state index >= 15 is 0 Å². The van der Waals surface area contributed by atoms with Crippen LogP contribution in [0.15, 0.2) is 61.2 Å². The van der Waals surface area contributed by atoms with Gasteiger partial charge in [-0.25, -0.2) is 0 Å². The Labute approximate surface area is 167 Å². The van der Waals surface area contributed by atoms with Crippen LogP contribution < -0.4 is 14.8 Å². The van der Waals surface area contributed by atoms with Gasteiger partial charge in [-0.05, 0) is 55.8 Å². The van der Waals surface area contributed by atoms with Gasteiger partial charge in [-0.15, -0.1) is 0 Å². The number of para-hydroxylation sites is 2. The van der Waals surface area contributed by atoms with Gasteiger partial charge in [0, 0.05) is 12.2 Å². The molecule has 0 aromatic heterocycles. The van der Waals surface area contributed by atoms with Crippen LogP contribution in [0, 0.1) is 0 Å². The number of carbonyl (C=O) groups excluding carboxylic acids is 1. The van der Waals surface area contributed by atoms with Crippen molar-refractivity contribution in [2.24, 2.45) is 0 Å². The van der Waals surface area contributed by atoms with Gasteiger partial charge >= 0.3 is 0 Å². The molecule has 1 saturated heterocycles. The summed E-state index contributed by atoms with van der Waals surface area (Å²) in [4.78, 5) is 14.7. The highest BCUT2D eigenvalue weighted by molar-refractivity contribution is 5.91. The monoisotopic (exact) mass is 380 g/mol. The van der Waals surface area contributed by atoms with E-state index in [1.807, 2.05) is 24.3 Å². The zero-order valence-electron chi connectivity index (χ0n) is 16.2. The van der Waals surface area contributed by atoms with Gasteiger partial charge in [0.05, 0.1) is 0 Å². The molecule has 0 unspecified atom stereocenters. The lowest BCUT2D eigenvalue weighted by Crippen LogP contribution is -2.29. The Kier molecular flexibility index (Phi) is 7.50. The Morgan fingerprint density at radius 2 is 1.68 bits per heavy atom. The fourth-order valence-electron chi connectivity index (χ4n) is 3.25. The summed E-state index contributed by atoms with van der Waals surface area (Å²) >= 11 is 0. The van der Waals surface area contributed by atoms with Gasteiger partial charge in [-0.3, -0.25) is 9.69 Å². The second kappa shape index (κ2) is 10.5. The SMILES string of the molecule is C=CCOc1ccccc1OCC(=O)Nc1ccc(CN2CCCCC2)cc1. The zero-order valence-corrected chi connectivity index (χ0v) is 16.2. The van der Waals surface area contributed by atoms with E-state index in [2.05, 4.69) is 28.9 Å². The molecule has 2 aromatic rings. The van der Waals surface area contributed by atoms with E-state index in [0.29, 0.717) is 18.1 Å². The molecule has 0 atom stereocenters. The van der Waals surface area contributed by atoms with Crippen LogP contribution in [0.1, 0.15) is 24.8 Å². The standard InChI is InChI=1S/C23H28N2O3/c1-2-16-27-21-8-4-5-9-22(21)28-18-23(26)24-20-12-10-19(11-13-20)17-25-14-6-3-7-15-25/h2,4-5,8-13H,1,3,6-7,14-18H2,(H,24,26). The van der Waals surface area contributed by atoms with E-state index in [1.54, 1.807) is 18.2 Å². The van der Waals surface area contributed by atoms with E-state index < -0.39 is 0 Å². The Hall–Kier alpha value is -2.79. The van der Waals surface area contributed by atoms with Crippen LogP contribution in [0.4, 0.5) is 5.69 Å². The summed E-state index contributed by atoms with van der Waals surface area (Å²) in [5.74, 6) is 0.927. The van der Waals surface area contributed by atoms with Gasteiger partial charge in [0.15, 0.2) is 18.1 Å². The van der Waals surface area contributed by atoms with E-state index in [1.165, 1.54) is 37.9 Å². The minimum atomic E-state index is -0.206. The largest absolute Gasteiger partial charge is 0.486 e. The van der Waals surface area contributed by atoms with E-state index in [-0.39, 0.29) is 12.5 Å². The molecule has 0 radical (unpaired) electrons. The van der Waals surface area contributed by atoms with Crippen molar-refractivity contribution in [1.82, 2.24) is 4.90 Å². The van der Waals surface area contributed by atoms with Crippen LogP contribution in [0.3, 0.4) is 0 Å². The topological polar surface area (TPSA) is 50.8 Å². The number of carbonyl (C=O) groups is 1. The number of likely N-dealkylation sites (tertiary alicyclic amines) is 1. The number of nitrogens with one attached hydrogen (secondary N) is 1. The van der Waals surface area contributed by atoms with E-state index in [4.69, 9.17) is 9.47 Å². The minimum absolute atomic E-state index is 0.0794. The molecular weight excluding hydrogens is 352 g/mol. The van der Waals surface area contributed by atoms with Crippen molar-refractivity contribution < 1.29 is 14.3 Å². The molecule has 0 saturated carbocycles. The second-order valence-electron chi connectivity index (χ2n) is 6.92. The number of nitrogens with zero attached hydrogens (tertiary/aromatic N) is 1. The van der Waals surface area contributed by atoms with Crippen LogP contribution in [0.5, 0.6) is 11.5 Å². The van der Waals surface area contributed by atoms with Gasteiger partial charge in [0.25, 0.3) is 5.91 Å². The summed E-state index contributed by atoms with van der Waals surface area (Å²) in [6.07, 6.45) is 5.58. The van der Waals surface area contributed by atoms with Gasteiger partial charge in [-0.1, -0.05) is 43.3 Å². The van der Waals surface area contributed by atoms with Crippen molar-refractivity contribution in [3.63, 3.8) is 0 Å². The van der Waals surface area contributed by atoms with Crippen molar-refractivity contribution in [3.05, 3.63) is 66.7 Å². The third kappa shape index (κ3) is 6.13. The third-order valence-corrected chi connectivity index (χ3v) is 4.66. The number of amides is 1. The molecule has 1 fully saturated rings. The molecule has 28 heavy (non-hydrogen) atoms. The maximum Gasteiger partial charge on any atom is 0.262 e. The minimum Gasteiger partial charge on any atom is -0.486 e. The molecule has 0 aliphatic carbocycles.